The lowest BCUT2D eigenvalue weighted by Gasteiger charge is -1.98. The largest absolute Gasteiger partial charge is 0.346 e. The lowest BCUT2D eigenvalue weighted by Crippen LogP contribution is -1.98. The van der Waals surface area contributed by atoms with E-state index in [-0.39, 0.29) is 5.78 Å². The SMILES string of the molecule is O=C(CCc1c[nH]c2ncccc12)c1cc2ccccc2s1. The molecule has 108 valence electrons. The first-order valence-corrected chi connectivity index (χ1v) is 8.06. The first kappa shape index (κ1) is 13.2. The standard InChI is InChI=1S/C18H14N2OS/c21-15(17-10-12-4-1-2-6-16(12)22-17)8-7-13-11-20-18-14(13)5-3-9-19-18/h1-6,9-11H,7-8H2,(H,19,20). The molecule has 0 spiro atoms. The Kier molecular flexibility index (Phi) is 3.24. The van der Waals surface area contributed by atoms with Gasteiger partial charge in [0, 0.05) is 28.9 Å². The quantitative estimate of drug-likeness (QED) is 0.560. The van der Waals surface area contributed by atoms with Crippen LogP contribution in [0.5, 0.6) is 0 Å². The molecule has 0 saturated carbocycles. The summed E-state index contributed by atoms with van der Waals surface area (Å²) in [5, 5.41) is 2.25. The van der Waals surface area contributed by atoms with Crippen LogP contribution >= 0.6 is 11.3 Å². The molecule has 0 amide bonds. The number of benzene rings is 1. The fourth-order valence-electron chi connectivity index (χ4n) is 2.71. The Balaban J connectivity index is 1.54. The molecule has 0 saturated heterocycles. The third kappa shape index (κ3) is 2.31. The molecule has 0 bridgehead atoms. The summed E-state index contributed by atoms with van der Waals surface area (Å²) in [6.07, 6.45) is 4.98. The van der Waals surface area contributed by atoms with Crippen molar-refractivity contribution in [2.75, 3.05) is 0 Å². The van der Waals surface area contributed by atoms with Crippen LogP contribution in [0.4, 0.5) is 0 Å². The highest BCUT2D eigenvalue weighted by atomic mass is 32.1. The topological polar surface area (TPSA) is 45.8 Å². The maximum atomic E-state index is 12.4. The number of ketones is 1. The molecule has 0 aliphatic carbocycles. The summed E-state index contributed by atoms with van der Waals surface area (Å²) >= 11 is 1.58. The summed E-state index contributed by atoms with van der Waals surface area (Å²) < 4.78 is 1.17. The van der Waals surface area contributed by atoms with Crippen LogP contribution < -0.4 is 0 Å². The minimum atomic E-state index is 0.208. The average Bonchev–Trinajstić information content (AvgIpc) is 3.16. The molecular formula is C18H14N2OS. The van der Waals surface area contributed by atoms with E-state index in [2.05, 4.69) is 16.0 Å². The number of pyridine rings is 1. The van der Waals surface area contributed by atoms with Crippen molar-refractivity contribution in [3.63, 3.8) is 0 Å². The Hall–Kier alpha value is -2.46. The van der Waals surface area contributed by atoms with Gasteiger partial charge in [0.15, 0.2) is 5.78 Å². The highest BCUT2D eigenvalue weighted by Crippen LogP contribution is 2.27. The van der Waals surface area contributed by atoms with Gasteiger partial charge in [-0.2, -0.15) is 0 Å². The van der Waals surface area contributed by atoms with E-state index >= 15 is 0 Å². The fraction of sp³-hybridized carbons (Fsp3) is 0.111. The van der Waals surface area contributed by atoms with Crippen molar-refractivity contribution in [1.29, 1.82) is 0 Å². The van der Waals surface area contributed by atoms with Crippen LogP contribution in [0.1, 0.15) is 21.7 Å². The molecule has 1 N–H and O–H groups in total. The molecule has 0 aliphatic heterocycles. The number of H-pyrrole nitrogens is 1. The average molecular weight is 306 g/mol. The number of thiophene rings is 1. The molecule has 3 nitrogen and oxygen atoms in total. The summed E-state index contributed by atoms with van der Waals surface area (Å²) in [6, 6.07) is 14.1. The van der Waals surface area contributed by atoms with E-state index in [4.69, 9.17) is 0 Å². The molecule has 0 radical (unpaired) electrons. The number of aromatic nitrogens is 2. The van der Waals surface area contributed by atoms with Crippen LogP contribution in [0.15, 0.2) is 54.9 Å². The predicted molar refractivity (Wildman–Crippen MR) is 90.6 cm³/mol. The molecule has 0 unspecified atom stereocenters. The monoisotopic (exact) mass is 306 g/mol. The van der Waals surface area contributed by atoms with Crippen LogP contribution in [0.2, 0.25) is 0 Å². The number of hydrogen-bond donors (Lipinski definition) is 1. The Labute approximate surface area is 131 Å². The number of hydrogen-bond acceptors (Lipinski definition) is 3. The number of Topliss-reactive ketones (excluding diaryl/α,β-unsaturated/α-hetero) is 1. The third-order valence-electron chi connectivity index (χ3n) is 3.86. The molecule has 3 aromatic heterocycles. The molecule has 0 fully saturated rings. The van der Waals surface area contributed by atoms with Gasteiger partial charge >= 0.3 is 0 Å². The molecule has 22 heavy (non-hydrogen) atoms. The summed E-state index contributed by atoms with van der Waals surface area (Å²) in [6.45, 7) is 0. The number of rotatable bonds is 4. The number of aromatic amines is 1. The van der Waals surface area contributed by atoms with Gasteiger partial charge in [-0.15, -0.1) is 11.3 Å². The van der Waals surface area contributed by atoms with Gasteiger partial charge in [-0.05, 0) is 41.6 Å². The van der Waals surface area contributed by atoms with E-state index < -0.39 is 0 Å². The molecule has 1 aromatic carbocycles. The second kappa shape index (κ2) is 5.39. The second-order valence-electron chi connectivity index (χ2n) is 5.29. The first-order chi connectivity index (χ1) is 10.8. The second-order valence-corrected chi connectivity index (χ2v) is 6.37. The van der Waals surface area contributed by atoms with Gasteiger partial charge in [0.1, 0.15) is 5.65 Å². The van der Waals surface area contributed by atoms with Gasteiger partial charge < -0.3 is 4.98 Å². The Morgan fingerprint density at radius 2 is 2.09 bits per heavy atom. The Bertz CT molecular complexity index is 934. The summed E-state index contributed by atoms with van der Waals surface area (Å²) in [4.78, 5) is 20.7. The number of carbonyl (C=O) groups is 1. The zero-order valence-corrected chi connectivity index (χ0v) is 12.7. The lowest BCUT2D eigenvalue weighted by molar-refractivity contribution is 0.0987. The van der Waals surface area contributed by atoms with E-state index in [0.29, 0.717) is 6.42 Å². The van der Waals surface area contributed by atoms with Gasteiger partial charge in [0.2, 0.25) is 0 Å². The first-order valence-electron chi connectivity index (χ1n) is 7.24. The molecule has 4 heteroatoms. The number of nitrogens with one attached hydrogen (secondary N) is 1. The minimum absolute atomic E-state index is 0.208. The Morgan fingerprint density at radius 1 is 1.18 bits per heavy atom. The zero-order chi connectivity index (χ0) is 14.9. The van der Waals surface area contributed by atoms with Gasteiger partial charge in [0.25, 0.3) is 0 Å². The zero-order valence-electron chi connectivity index (χ0n) is 11.9. The van der Waals surface area contributed by atoms with Crippen molar-refractivity contribution in [3.05, 3.63) is 65.3 Å². The van der Waals surface area contributed by atoms with Crippen LogP contribution in [0, 0.1) is 0 Å². The van der Waals surface area contributed by atoms with Crippen LogP contribution in [-0.4, -0.2) is 15.8 Å². The van der Waals surface area contributed by atoms with Crippen LogP contribution in [0.25, 0.3) is 21.1 Å². The normalized spacial score (nSPS) is 11.3. The van der Waals surface area contributed by atoms with Gasteiger partial charge in [0.05, 0.1) is 4.88 Å². The third-order valence-corrected chi connectivity index (χ3v) is 5.02. The molecule has 4 aromatic rings. The smallest absolute Gasteiger partial charge is 0.173 e. The summed E-state index contributed by atoms with van der Waals surface area (Å²) in [7, 11) is 0. The maximum Gasteiger partial charge on any atom is 0.173 e. The van der Waals surface area contributed by atoms with Gasteiger partial charge in [-0.1, -0.05) is 18.2 Å². The number of nitrogens with zero attached hydrogens (tertiary/aromatic N) is 1. The van der Waals surface area contributed by atoms with E-state index in [9.17, 15) is 4.79 Å². The minimum Gasteiger partial charge on any atom is -0.346 e. The highest BCUT2D eigenvalue weighted by Gasteiger charge is 2.12. The van der Waals surface area contributed by atoms with E-state index in [1.54, 1.807) is 17.5 Å². The van der Waals surface area contributed by atoms with Crippen molar-refractivity contribution >= 4 is 38.2 Å². The van der Waals surface area contributed by atoms with E-state index in [0.717, 1.165) is 33.3 Å². The van der Waals surface area contributed by atoms with Crippen molar-refractivity contribution in [2.24, 2.45) is 0 Å². The summed E-state index contributed by atoms with van der Waals surface area (Å²) in [5.74, 6) is 0.208. The van der Waals surface area contributed by atoms with Crippen molar-refractivity contribution in [1.82, 2.24) is 9.97 Å². The maximum absolute atomic E-state index is 12.4. The number of aryl methyl sites for hydroxylation is 1. The van der Waals surface area contributed by atoms with Crippen LogP contribution in [-0.2, 0) is 6.42 Å². The Morgan fingerprint density at radius 3 is 3.00 bits per heavy atom. The number of carbonyl (C=O) groups excluding carboxylic acids is 1. The lowest BCUT2D eigenvalue weighted by atomic mass is 10.1. The molecule has 0 aliphatic rings. The van der Waals surface area contributed by atoms with Crippen molar-refractivity contribution in [2.45, 2.75) is 12.8 Å². The van der Waals surface area contributed by atoms with E-state index in [1.165, 1.54) is 4.70 Å². The van der Waals surface area contributed by atoms with E-state index in [1.807, 2.05) is 42.6 Å². The van der Waals surface area contributed by atoms with Gasteiger partial charge in [-0.3, -0.25) is 4.79 Å². The van der Waals surface area contributed by atoms with Gasteiger partial charge in [-0.25, -0.2) is 4.98 Å². The van der Waals surface area contributed by atoms with Crippen molar-refractivity contribution < 1.29 is 4.79 Å². The molecular weight excluding hydrogens is 292 g/mol. The fourth-order valence-corrected chi connectivity index (χ4v) is 3.74. The predicted octanol–water partition coefficient (Wildman–Crippen LogP) is 4.59. The highest BCUT2D eigenvalue weighted by molar-refractivity contribution is 7.20. The molecule has 3 heterocycles. The van der Waals surface area contributed by atoms with Crippen molar-refractivity contribution in [3.8, 4) is 0 Å². The summed E-state index contributed by atoms with van der Waals surface area (Å²) in [5.41, 5.74) is 2.03. The number of fused-ring (bicyclic) bond motifs is 2. The molecule has 0 atom stereocenters. The molecule has 4 rings (SSSR count). The van der Waals surface area contributed by atoms with Crippen LogP contribution in [0.3, 0.4) is 0 Å².